The smallest absolute Gasteiger partial charge is 0.338 e. The van der Waals surface area contributed by atoms with E-state index in [1.165, 1.54) is 28.6 Å². The van der Waals surface area contributed by atoms with Crippen molar-refractivity contribution in [2.45, 2.75) is 24.3 Å². The van der Waals surface area contributed by atoms with E-state index in [9.17, 15) is 13.2 Å². The summed E-state index contributed by atoms with van der Waals surface area (Å²) in [6.45, 7) is 1.17. The number of methoxy groups -OCH3 is 1. The highest BCUT2D eigenvalue weighted by Gasteiger charge is 2.27. The largest absolute Gasteiger partial charge is 0.496 e. The summed E-state index contributed by atoms with van der Waals surface area (Å²) in [5, 5.41) is 0. The number of sulfonamides is 1. The fourth-order valence-electron chi connectivity index (χ4n) is 2.89. The van der Waals surface area contributed by atoms with Crippen molar-refractivity contribution >= 4 is 16.0 Å². The van der Waals surface area contributed by atoms with Gasteiger partial charge in [0, 0.05) is 18.7 Å². The van der Waals surface area contributed by atoms with Gasteiger partial charge < -0.3 is 9.47 Å². The molecule has 0 saturated carbocycles. The van der Waals surface area contributed by atoms with Crippen LogP contribution in [0.1, 0.15) is 28.8 Å². The van der Waals surface area contributed by atoms with Crippen LogP contribution in [0.5, 0.6) is 5.75 Å². The average Bonchev–Trinajstić information content (AvgIpc) is 3.22. The van der Waals surface area contributed by atoms with E-state index in [0.29, 0.717) is 24.4 Å². The lowest BCUT2D eigenvalue weighted by molar-refractivity contribution is 0.0470. The maximum absolute atomic E-state index is 12.5. The van der Waals surface area contributed by atoms with Gasteiger partial charge in [-0.05, 0) is 43.2 Å². The zero-order valence-electron chi connectivity index (χ0n) is 14.6. The number of hydrogen-bond donors (Lipinski definition) is 0. The number of carbonyl (C=O) groups excluding carboxylic acids is 1. The van der Waals surface area contributed by atoms with E-state index in [1.807, 2.05) is 18.2 Å². The van der Waals surface area contributed by atoms with Crippen molar-refractivity contribution in [3.05, 3.63) is 59.7 Å². The number of hydrogen-bond acceptors (Lipinski definition) is 5. The fourth-order valence-corrected chi connectivity index (χ4v) is 4.41. The molecule has 6 nitrogen and oxygen atoms in total. The second-order valence-electron chi connectivity index (χ2n) is 6.02. The molecule has 0 spiro atoms. The lowest BCUT2D eigenvalue weighted by Crippen LogP contribution is -2.27. The van der Waals surface area contributed by atoms with Crippen molar-refractivity contribution in [3.63, 3.8) is 0 Å². The van der Waals surface area contributed by atoms with E-state index in [2.05, 4.69) is 0 Å². The first kappa shape index (κ1) is 18.4. The Bertz CT molecular complexity index is 871. The molecule has 1 heterocycles. The highest BCUT2D eigenvalue weighted by atomic mass is 32.2. The van der Waals surface area contributed by atoms with Crippen molar-refractivity contribution in [3.8, 4) is 5.75 Å². The summed E-state index contributed by atoms with van der Waals surface area (Å²) in [7, 11) is -1.93. The molecule has 138 valence electrons. The molecule has 2 aromatic carbocycles. The monoisotopic (exact) mass is 375 g/mol. The standard InChI is InChI=1S/C19H21NO5S/c1-24-18-7-3-2-6-16(18)14-25-19(21)15-8-10-17(11-9-15)26(22,23)20-12-4-5-13-20/h2-3,6-11H,4-5,12-14H2,1H3. The van der Waals surface area contributed by atoms with Crippen LogP contribution in [-0.2, 0) is 21.4 Å². The SMILES string of the molecule is COc1ccccc1COC(=O)c1ccc(S(=O)(=O)N2CCCC2)cc1. The molecule has 26 heavy (non-hydrogen) atoms. The minimum absolute atomic E-state index is 0.0800. The molecule has 0 aromatic heterocycles. The average molecular weight is 375 g/mol. The minimum Gasteiger partial charge on any atom is -0.496 e. The quantitative estimate of drug-likeness (QED) is 0.726. The molecule has 3 rings (SSSR count). The Morgan fingerprint density at radius 3 is 2.35 bits per heavy atom. The lowest BCUT2D eigenvalue weighted by Gasteiger charge is -2.15. The molecule has 1 aliphatic heterocycles. The summed E-state index contributed by atoms with van der Waals surface area (Å²) in [6, 6.07) is 13.1. The van der Waals surface area contributed by atoms with E-state index >= 15 is 0 Å². The Morgan fingerprint density at radius 1 is 1.04 bits per heavy atom. The third-order valence-corrected chi connectivity index (χ3v) is 6.26. The molecule has 0 aliphatic carbocycles. The molecule has 0 amide bonds. The van der Waals surface area contributed by atoms with Crippen LogP contribution in [-0.4, -0.2) is 38.9 Å². The summed E-state index contributed by atoms with van der Waals surface area (Å²) in [4.78, 5) is 12.4. The van der Waals surface area contributed by atoms with Crippen molar-refractivity contribution in [2.24, 2.45) is 0 Å². The van der Waals surface area contributed by atoms with Gasteiger partial charge in [0.05, 0.1) is 17.6 Å². The molecule has 2 aromatic rings. The lowest BCUT2D eigenvalue weighted by atomic mass is 10.2. The summed E-state index contributed by atoms with van der Waals surface area (Å²) >= 11 is 0. The molecule has 0 atom stereocenters. The summed E-state index contributed by atoms with van der Waals surface area (Å²) in [5.74, 6) is 0.133. The molecule has 1 aliphatic rings. The third kappa shape index (κ3) is 3.89. The first-order valence-corrected chi connectivity index (χ1v) is 9.85. The molecular formula is C19H21NO5S. The Balaban J connectivity index is 1.67. The summed E-state index contributed by atoms with van der Waals surface area (Å²) in [5.41, 5.74) is 1.07. The second kappa shape index (κ2) is 7.88. The Kier molecular flexibility index (Phi) is 5.58. The van der Waals surface area contributed by atoms with Crippen molar-refractivity contribution in [1.29, 1.82) is 0 Å². The molecule has 7 heteroatoms. The topological polar surface area (TPSA) is 72.9 Å². The van der Waals surface area contributed by atoms with Crippen LogP contribution in [0, 0.1) is 0 Å². The normalized spacial score (nSPS) is 15.0. The van der Waals surface area contributed by atoms with Gasteiger partial charge in [0.2, 0.25) is 10.0 Å². The minimum atomic E-state index is -3.48. The van der Waals surface area contributed by atoms with Crippen LogP contribution in [0.25, 0.3) is 0 Å². The Labute approximate surface area is 153 Å². The maximum atomic E-state index is 12.5. The molecular weight excluding hydrogens is 354 g/mol. The number of benzene rings is 2. The molecule has 0 radical (unpaired) electrons. The van der Waals surface area contributed by atoms with Crippen LogP contribution in [0.15, 0.2) is 53.4 Å². The first-order valence-electron chi connectivity index (χ1n) is 8.41. The highest BCUT2D eigenvalue weighted by molar-refractivity contribution is 7.89. The van der Waals surface area contributed by atoms with Crippen LogP contribution >= 0.6 is 0 Å². The zero-order chi connectivity index (χ0) is 18.6. The highest BCUT2D eigenvalue weighted by Crippen LogP contribution is 2.22. The first-order chi connectivity index (χ1) is 12.5. The van der Waals surface area contributed by atoms with Crippen LogP contribution in [0.2, 0.25) is 0 Å². The Hall–Kier alpha value is -2.38. The van der Waals surface area contributed by atoms with Gasteiger partial charge in [-0.2, -0.15) is 4.31 Å². The Morgan fingerprint density at radius 2 is 1.69 bits per heavy atom. The summed E-state index contributed by atoms with van der Waals surface area (Å²) in [6.07, 6.45) is 1.76. The van der Waals surface area contributed by atoms with E-state index < -0.39 is 16.0 Å². The third-order valence-electron chi connectivity index (χ3n) is 4.34. The van der Waals surface area contributed by atoms with Crippen molar-refractivity contribution < 1.29 is 22.7 Å². The van der Waals surface area contributed by atoms with E-state index in [1.54, 1.807) is 13.2 Å². The molecule has 1 fully saturated rings. The molecule has 0 N–H and O–H groups in total. The van der Waals surface area contributed by atoms with Gasteiger partial charge in [-0.25, -0.2) is 13.2 Å². The number of rotatable bonds is 6. The number of esters is 1. The summed E-state index contributed by atoms with van der Waals surface area (Å²) < 4.78 is 37.0. The molecule has 0 unspecified atom stereocenters. The van der Waals surface area contributed by atoms with E-state index in [0.717, 1.165) is 18.4 Å². The van der Waals surface area contributed by atoms with E-state index in [4.69, 9.17) is 9.47 Å². The number of ether oxygens (including phenoxy) is 2. The van der Waals surface area contributed by atoms with E-state index in [-0.39, 0.29) is 11.5 Å². The predicted molar refractivity (Wildman–Crippen MR) is 96.5 cm³/mol. The van der Waals surface area contributed by atoms with Crippen molar-refractivity contribution in [2.75, 3.05) is 20.2 Å². The molecule has 0 bridgehead atoms. The molecule has 1 saturated heterocycles. The fraction of sp³-hybridized carbons (Fsp3) is 0.316. The van der Waals surface area contributed by atoms with Gasteiger partial charge in [0.25, 0.3) is 0 Å². The van der Waals surface area contributed by atoms with Crippen LogP contribution in [0.3, 0.4) is 0 Å². The van der Waals surface area contributed by atoms with Gasteiger partial charge in [0.1, 0.15) is 12.4 Å². The van der Waals surface area contributed by atoms with Gasteiger partial charge >= 0.3 is 5.97 Å². The van der Waals surface area contributed by atoms with Gasteiger partial charge in [-0.3, -0.25) is 0 Å². The van der Waals surface area contributed by atoms with Gasteiger partial charge in [0.15, 0.2) is 0 Å². The maximum Gasteiger partial charge on any atom is 0.338 e. The second-order valence-corrected chi connectivity index (χ2v) is 7.96. The van der Waals surface area contributed by atoms with Crippen LogP contribution in [0.4, 0.5) is 0 Å². The zero-order valence-corrected chi connectivity index (χ0v) is 15.4. The van der Waals surface area contributed by atoms with Gasteiger partial charge in [-0.15, -0.1) is 0 Å². The van der Waals surface area contributed by atoms with Crippen molar-refractivity contribution in [1.82, 2.24) is 4.31 Å². The predicted octanol–water partition coefficient (Wildman–Crippen LogP) is 2.84. The van der Waals surface area contributed by atoms with Gasteiger partial charge in [-0.1, -0.05) is 18.2 Å². The number of nitrogens with zero attached hydrogens (tertiary/aromatic N) is 1. The number of para-hydroxylation sites is 1. The number of carbonyl (C=O) groups is 1. The van der Waals surface area contributed by atoms with Crippen LogP contribution < -0.4 is 4.74 Å².